The highest BCUT2D eigenvalue weighted by Crippen LogP contribution is 2.40. The lowest BCUT2D eigenvalue weighted by Crippen LogP contribution is -2.57. The van der Waals surface area contributed by atoms with E-state index in [0.717, 1.165) is 39.0 Å². The number of phenolic OH excluding ortho intramolecular Hbond substituents is 1. The number of ether oxygens (including phenoxy) is 1. The van der Waals surface area contributed by atoms with Crippen LogP contribution in [0.5, 0.6) is 11.6 Å². The van der Waals surface area contributed by atoms with Crippen LogP contribution in [0.25, 0.3) is 22.5 Å². The van der Waals surface area contributed by atoms with Gasteiger partial charge >= 0.3 is 6.18 Å². The molecule has 2 bridgehead atoms. The summed E-state index contributed by atoms with van der Waals surface area (Å²) in [5, 5.41) is 22.6. The van der Waals surface area contributed by atoms with Crippen molar-refractivity contribution in [2.45, 2.75) is 68.6 Å². The molecular formula is C25H25F4N7O2. The van der Waals surface area contributed by atoms with Gasteiger partial charge in [-0.2, -0.15) is 13.2 Å². The molecule has 0 unspecified atom stereocenters. The standard InChI is InChI=1S/C25H25F4N7O2/c1-38-23-22(25(27,28)29)30-10-17(33-23)12-2-6-15(20(37)8-12)18-11-31-24(35-34-18)36(14-4-5-14)19-9-13-3-7-16(32-13)21(19)26/h2,6,8,10-11,13-14,16,19,21,32,37H,3-5,7,9H2,1H3/t13-,16-,19+,21-/m0/s1. The van der Waals surface area contributed by atoms with Crippen molar-refractivity contribution in [3.8, 4) is 34.1 Å². The quantitative estimate of drug-likeness (QED) is 0.458. The number of fused-ring (bicyclic) bond motifs is 2. The Morgan fingerprint density at radius 3 is 2.50 bits per heavy atom. The molecule has 38 heavy (non-hydrogen) atoms. The lowest BCUT2D eigenvalue weighted by molar-refractivity contribution is -0.142. The minimum absolute atomic E-state index is 0.0908. The van der Waals surface area contributed by atoms with Crippen LogP contribution in [0.2, 0.25) is 0 Å². The molecule has 2 aromatic heterocycles. The van der Waals surface area contributed by atoms with Gasteiger partial charge in [0.15, 0.2) is 0 Å². The number of methoxy groups -OCH3 is 1. The zero-order valence-corrected chi connectivity index (χ0v) is 20.4. The van der Waals surface area contributed by atoms with Crippen LogP contribution in [-0.4, -0.2) is 67.7 Å². The zero-order chi connectivity index (χ0) is 26.6. The minimum Gasteiger partial charge on any atom is -0.507 e. The number of aromatic nitrogens is 5. The molecule has 1 aliphatic carbocycles. The van der Waals surface area contributed by atoms with Crippen molar-refractivity contribution in [3.05, 3.63) is 36.3 Å². The second-order valence-corrected chi connectivity index (χ2v) is 9.92. The van der Waals surface area contributed by atoms with Gasteiger partial charge in [0.1, 0.15) is 17.6 Å². The Morgan fingerprint density at radius 2 is 1.84 bits per heavy atom. The highest BCUT2D eigenvalue weighted by Gasteiger charge is 2.48. The third-order valence-corrected chi connectivity index (χ3v) is 7.40. The molecule has 2 N–H and O–H groups in total. The minimum atomic E-state index is -4.71. The maximum Gasteiger partial charge on any atom is 0.438 e. The Balaban J connectivity index is 1.25. The Bertz CT molecular complexity index is 1340. The van der Waals surface area contributed by atoms with E-state index in [4.69, 9.17) is 4.74 Å². The predicted molar refractivity (Wildman–Crippen MR) is 128 cm³/mol. The van der Waals surface area contributed by atoms with E-state index in [1.165, 1.54) is 12.3 Å². The Labute approximate surface area is 215 Å². The second kappa shape index (κ2) is 9.29. The maximum absolute atomic E-state index is 15.3. The predicted octanol–water partition coefficient (Wildman–Crippen LogP) is 3.93. The average molecular weight is 532 g/mol. The fraction of sp³-hybridized carbons (Fsp3) is 0.480. The van der Waals surface area contributed by atoms with E-state index in [0.29, 0.717) is 35.2 Å². The summed E-state index contributed by atoms with van der Waals surface area (Å²) < 4.78 is 59.3. The van der Waals surface area contributed by atoms with Crippen LogP contribution in [-0.2, 0) is 6.18 Å². The highest BCUT2D eigenvalue weighted by atomic mass is 19.4. The summed E-state index contributed by atoms with van der Waals surface area (Å²) in [6.45, 7) is 0. The first kappa shape index (κ1) is 24.7. The SMILES string of the molecule is COc1nc(-c2ccc(-c3cnc(N(C4CC4)[C@@H]4C[C@@H]5CC[C@H](N5)[C@@H]4F)nn3)c(O)c2)cnc1C(F)(F)F. The van der Waals surface area contributed by atoms with Crippen molar-refractivity contribution >= 4 is 5.95 Å². The summed E-state index contributed by atoms with van der Waals surface area (Å²) in [7, 11) is 1.08. The highest BCUT2D eigenvalue weighted by molar-refractivity contribution is 5.72. The van der Waals surface area contributed by atoms with Gasteiger partial charge in [0.05, 0.1) is 31.2 Å². The molecule has 3 fully saturated rings. The molecule has 200 valence electrons. The van der Waals surface area contributed by atoms with Crippen molar-refractivity contribution in [1.82, 2.24) is 30.5 Å². The molecule has 0 amide bonds. The van der Waals surface area contributed by atoms with Crippen molar-refractivity contribution in [1.29, 1.82) is 0 Å². The first-order valence-corrected chi connectivity index (χ1v) is 12.4. The largest absolute Gasteiger partial charge is 0.507 e. The fourth-order valence-electron chi connectivity index (χ4n) is 5.45. The summed E-state index contributed by atoms with van der Waals surface area (Å²) in [6.07, 6.45) is 1.13. The molecule has 13 heteroatoms. The van der Waals surface area contributed by atoms with Gasteiger partial charge in [0.2, 0.25) is 17.5 Å². The van der Waals surface area contributed by atoms with Crippen molar-refractivity contribution in [2.75, 3.05) is 12.0 Å². The molecule has 2 aliphatic heterocycles. The van der Waals surface area contributed by atoms with Gasteiger partial charge in [-0.05, 0) is 44.2 Å². The number of piperidine rings is 1. The summed E-state index contributed by atoms with van der Waals surface area (Å²) in [5.41, 5.74) is -0.187. The summed E-state index contributed by atoms with van der Waals surface area (Å²) in [5.74, 6) is -0.486. The number of aromatic hydroxyl groups is 1. The van der Waals surface area contributed by atoms with E-state index in [2.05, 4.69) is 30.5 Å². The van der Waals surface area contributed by atoms with Crippen molar-refractivity contribution in [2.24, 2.45) is 0 Å². The van der Waals surface area contributed by atoms with Gasteiger partial charge < -0.3 is 20.1 Å². The van der Waals surface area contributed by atoms with Gasteiger partial charge in [0, 0.05) is 29.3 Å². The molecule has 3 aromatic rings. The van der Waals surface area contributed by atoms with Crippen LogP contribution in [0.1, 0.15) is 37.8 Å². The van der Waals surface area contributed by atoms with Crippen LogP contribution >= 0.6 is 0 Å². The molecule has 2 saturated heterocycles. The average Bonchev–Trinajstić information content (AvgIpc) is 3.66. The third kappa shape index (κ3) is 4.48. The summed E-state index contributed by atoms with van der Waals surface area (Å²) in [6, 6.07) is 4.50. The molecule has 3 aliphatic rings. The molecule has 1 aromatic carbocycles. The van der Waals surface area contributed by atoms with Crippen molar-refractivity contribution < 1.29 is 27.4 Å². The van der Waals surface area contributed by atoms with Gasteiger partial charge in [-0.3, -0.25) is 0 Å². The molecule has 0 spiro atoms. The topological polar surface area (TPSA) is 109 Å². The molecule has 4 atom stereocenters. The van der Waals surface area contributed by atoms with Gasteiger partial charge in [0.25, 0.3) is 0 Å². The normalized spacial score (nSPS) is 24.9. The van der Waals surface area contributed by atoms with E-state index in [-0.39, 0.29) is 29.6 Å². The van der Waals surface area contributed by atoms with Gasteiger partial charge in [-0.15, -0.1) is 10.2 Å². The number of nitrogens with zero attached hydrogens (tertiary/aromatic N) is 6. The van der Waals surface area contributed by atoms with Gasteiger partial charge in [-0.1, -0.05) is 6.07 Å². The lowest BCUT2D eigenvalue weighted by atomic mass is 9.96. The monoisotopic (exact) mass is 531 g/mol. The van der Waals surface area contributed by atoms with Crippen LogP contribution in [0.3, 0.4) is 0 Å². The Hall–Kier alpha value is -3.61. The fourth-order valence-corrected chi connectivity index (χ4v) is 5.45. The third-order valence-electron chi connectivity index (χ3n) is 7.40. The van der Waals surface area contributed by atoms with E-state index in [1.807, 2.05) is 4.90 Å². The number of hydrogen-bond acceptors (Lipinski definition) is 9. The number of rotatable bonds is 6. The first-order chi connectivity index (χ1) is 18.2. The maximum atomic E-state index is 15.3. The number of benzene rings is 1. The Kier molecular flexibility index (Phi) is 6.04. The number of alkyl halides is 4. The molecule has 1 saturated carbocycles. The number of nitrogens with one attached hydrogen (secondary N) is 1. The van der Waals surface area contributed by atoms with E-state index >= 15 is 4.39 Å². The van der Waals surface area contributed by atoms with E-state index in [1.54, 1.807) is 12.1 Å². The van der Waals surface area contributed by atoms with Crippen LogP contribution in [0.15, 0.2) is 30.6 Å². The Morgan fingerprint density at radius 1 is 1.05 bits per heavy atom. The van der Waals surface area contributed by atoms with Crippen molar-refractivity contribution in [3.63, 3.8) is 0 Å². The first-order valence-electron chi connectivity index (χ1n) is 12.4. The van der Waals surface area contributed by atoms with Crippen LogP contribution in [0, 0.1) is 0 Å². The van der Waals surface area contributed by atoms with Crippen LogP contribution < -0.4 is 15.0 Å². The molecule has 0 radical (unpaired) electrons. The summed E-state index contributed by atoms with van der Waals surface area (Å²) >= 11 is 0. The number of hydrogen-bond donors (Lipinski definition) is 2. The van der Waals surface area contributed by atoms with E-state index < -0.39 is 23.9 Å². The lowest BCUT2D eigenvalue weighted by Gasteiger charge is -2.40. The molecule has 4 heterocycles. The zero-order valence-electron chi connectivity index (χ0n) is 20.4. The molecule has 9 nitrogen and oxygen atoms in total. The van der Waals surface area contributed by atoms with E-state index in [9.17, 15) is 18.3 Å². The van der Waals surface area contributed by atoms with Crippen LogP contribution in [0.4, 0.5) is 23.5 Å². The van der Waals surface area contributed by atoms with Gasteiger partial charge in [-0.25, -0.2) is 19.3 Å². The molecular weight excluding hydrogens is 506 g/mol. The number of anilines is 1. The molecule has 6 rings (SSSR count). The number of phenols is 1. The smallest absolute Gasteiger partial charge is 0.438 e. The second-order valence-electron chi connectivity index (χ2n) is 9.92. The number of halogens is 4. The summed E-state index contributed by atoms with van der Waals surface area (Å²) in [4.78, 5) is 13.8.